The summed E-state index contributed by atoms with van der Waals surface area (Å²) in [5.41, 5.74) is 2.45. The first-order chi connectivity index (χ1) is 15.8. The molecule has 0 aliphatic heterocycles. The molecule has 2 aliphatic rings. The van der Waals surface area contributed by atoms with Gasteiger partial charge in [0.15, 0.2) is 0 Å². The first-order valence-corrected chi connectivity index (χ1v) is 12.7. The quantitative estimate of drug-likeness (QED) is 0.403. The Balaban J connectivity index is 1.30. The lowest BCUT2D eigenvalue weighted by Crippen LogP contribution is -2.22. The lowest BCUT2D eigenvalue weighted by molar-refractivity contribution is -0.249. The third kappa shape index (κ3) is 6.20. The number of benzene rings is 2. The number of hydrogen-bond donors (Lipinski definition) is 0. The predicted octanol–water partition coefficient (Wildman–Crippen LogP) is 8.72. The molecule has 0 bridgehead atoms. The van der Waals surface area contributed by atoms with Gasteiger partial charge in [-0.05, 0) is 84.6 Å². The van der Waals surface area contributed by atoms with Gasteiger partial charge < -0.3 is 4.74 Å². The lowest BCUT2D eigenvalue weighted by atomic mass is 9.79. The van der Waals surface area contributed by atoms with Crippen molar-refractivity contribution >= 4 is 0 Å². The molecule has 180 valence electrons. The van der Waals surface area contributed by atoms with Crippen LogP contribution in [0.5, 0.6) is 0 Å². The summed E-state index contributed by atoms with van der Waals surface area (Å²) in [6, 6.07) is 12.4. The van der Waals surface area contributed by atoms with Gasteiger partial charge in [-0.2, -0.15) is 8.78 Å². The first-order valence-electron chi connectivity index (χ1n) is 12.7. The van der Waals surface area contributed by atoms with Crippen molar-refractivity contribution in [2.24, 2.45) is 11.8 Å². The fourth-order valence-electron chi connectivity index (χ4n) is 5.54. The number of halogens is 3. The third-order valence-electron chi connectivity index (χ3n) is 7.94. The smallest absolute Gasteiger partial charge is 0.316 e. The number of ether oxygens (including phenoxy) is 1. The van der Waals surface area contributed by atoms with E-state index >= 15 is 0 Å². The molecular weight excluding hydrogens is 421 g/mol. The van der Waals surface area contributed by atoms with E-state index in [4.69, 9.17) is 4.74 Å². The maximum absolute atomic E-state index is 14.6. The Morgan fingerprint density at radius 2 is 1.27 bits per heavy atom. The van der Waals surface area contributed by atoms with Crippen molar-refractivity contribution in [3.63, 3.8) is 0 Å². The summed E-state index contributed by atoms with van der Waals surface area (Å²) in [5, 5.41) is 0. The molecule has 0 spiro atoms. The molecule has 2 aromatic carbocycles. The van der Waals surface area contributed by atoms with Crippen molar-refractivity contribution in [1.29, 1.82) is 0 Å². The summed E-state index contributed by atoms with van der Waals surface area (Å²) < 4.78 is 48.7. The van der Waals surface area contributed by atoms with E-state index in [1.165, 1.54) is 43.4 Å². The van der Waals surface area contributed by atoms with Gasteiger partial charge in [0.1, 0.15) is 5.82 Å². The summed E-state index contributed by atoms with van der Waals surface area (Å²) in [7, 11) is 0. The van der Waals surface area contributed by atoms with Gasteiger partial charge in [0.25, 0.3) is 0 Å². The molecule has 2 aromatic rings. The molecule has 4 rings (SSSR count). The second-order valence-corrected chi connectivity index (χ2v) is 10.5. The van der Waals surface area contributed by atoms with Crippen LogP contribution in [0, 0.1) is 17.7 Å². The Kier molecular flexibility index (Phi) is 7.83. The molecule has 0 radical (unpaired) electrons. The largest absolute Gasteiger partial charge is 0.386 e. The van der Waals surface area contributed by atoms with Gasteiger partial charge in [-0.3, -0.25) is 0 Å². The molecule has 0 aromatic heterocycles. The van der Waals surface area contributed by atoms with Crippen LogP contribution in [-0.4, -0.2) is 6.61 Å². The maximum Gasteiger partial charge on any atom is 0.386 e. The van der Waals surface area contributed by atoms with Gasteiger partial charge in [0.2, 0.25) is 0 Å². The van der Waals surface area contributed by atoms with Crippen LogP contribution in [0.3, 0.4) is 0 Å². The van der Waals surface area contributed by atoms with Crippen LogP contribution in [0.25, 0.3) is 0 Å². The molecule has 0 amide bonds. The van der Waals surface area contributed by atoms with Gasteiger partial charge in [-0.15, -0.1) is 0 Å². The topological polar surface area (TPSA) is 9.23 Å². The van der Waals surface area contributed by atoms with Gasteiger partial charge in [-0.25, -0.2) is 4.39 Å². The van der Waals surface area contributed by atoms with Gasteiger partial charge in [0, 0.05) is 0 Å². The minimum absolute atomic E-state index is 0.158. The summed E-state index contributed by atoms with van der Waals surface area (Å²) in [6.07, 6.45) is 5.92. The zero-order valence-electron chi connectivity index (χ0n) is 20.0. The molecular formula is C29H37F3O. The molecule has 33 heavy (non-hydrogen) atoms. The Bertz CT molecular complexity index is 892. The Hall–Kier alpha value is -1.81. The highest BCUT2D eigenvalue weighted by Gasteiger charge is 2.36. The van der Waals surface area contributed by atoms with Crippen LogP contribution in [-0.2, 0) is 17.3 Å². The van der Waals surface area contributed by atoms with Crippen molar-refractivity contribution in [2.45, 2.75) is 89.6 Å². The minimum atomic E-state index is -3.64. The Morgan fingerprint density at radius 1 is 0.758 bits per heavy atom. The standard InChI is InChI=1S/C29H37F3O/c1-20-3-9-23(10-4-20)24-13-7-22(8-14-24)17-18-33-29(31,32)27-16-15-26(19-28(27)30)25-11-5-21(2)6-12-25/h7-8,13-16,19-21,23,25H,3-6,9-12,17-18H2,1-2H3. The molecule has 1 nitrogen and oxygen atoms in total. The summed E-state index contributed by atoms with van der Waals surface area (Å²) in [5.74, 6) is 1.51. The molecule has 2 aliphatic carbocycles. The average molecular weight is 459 g/mol. The zero-order valence-corrected chi connectivity index (χ0v) is 20.0. The van der Waals surface area contributed by atoms with E-state index < -0.39 is 17.5 Å². The van der Waals surface area contributed by atoms with Crippen LogP contribution < -0.4 is 0 Å². The van der Waals surface area contributed by atoms with E-state index in [2.05, 4.69) is 26.0 Å². The van der Waals surface area contributed by atoms with Crippen molar-refractivity contribution in [3.05, 3.63) is 70.5 Å². The van der Waals surface area contributed by atoms with Crippen LogP contribution in [0.15, 0.2) is 42.5 Å². The highest BCUT2D eigenvalue weighted by atomic mass is 19.3. The van der Waals surface area contributed by atoms with Crippen molar-refractivity contribution in [1.82, 2.24) is 0 Å². The second-order valence-electron chi connectivity index (χ2n) is 10.5. The molecule has 0 N–H and O–H groups in total. The molecule has 0 unspecified atom stereocenters. The van der Waals surface area contributed by atoms with Crippen molar-refractivity contribution in [2.75, 3.05) is 6.61 Å². The summed E-state index contributed by atoms with van der Waals surface area (Å²) in [4.78, 5) is 0. The van der Waals surface area contributed by atoms with E-state index in [-0.39, 0.29) is 12.5 Å². The highest BCUT2D eigenvalue weighted by Crippen LogP contribution is 2.39. The first kappa shape index (κ1) is 24.3. The highest BCUT2D eigenvalue weighted by molar-refractivity contribution is 5.29. The SMILES string of the molecule is CC1CCC(c2ccc(CCOC(F)(F)c3ccc(C4CCC(C)CC4)cc3F)cc2)CC1. The van der Waals surface area contributed by atoms with Crippen molar-refractivity contribution < 1.29 is 17.9 Å². The van der Waals surface area contributed by atoms with E-state index in [1.807, 2.05) is 12.1 Å². The van der Waals surface area contributed by atoms with Crippen LogP contribution in [0.2, 0.25) is 0 Å². The number of rotatable bonds is 7. The molecule has 4 heteroatoms. The zero-order chi connectivity index (χ0) is 23.4. The normalized spacial score (nSPS) is 26.3. The summed E-state index contributed by atoms with van der Waals surface area (Å²) >= 11 is 0. The van der Waals surface area contributed by atoms with E-state index in [0.717, 1.165) is 42.7 Å². The van der Waals surface area contributed by atoms with Gasteiger partial charge >= 0.3 is 6.11 Å². The second kappa shape index (κ2) is 10.6. The lowest BCUT2D eigenvalue weighted by Gasteiger charge is -2.27. The average Bonchev–Trinajstić information content (AvgIpc) is 2.80. The maximum atomic E-state index is 14.6. The van der Waals surface area contributed by atoms with Gasteiger partial charge in [-0.1, -0.05) is 69.9 Å². The monoisotopic (exact) mass is 458 g/mol. The van der Waals surface area contributed by atoms with Crippen molar-refractivity contribution in [3.8, 4) is 0 Å². The van der Waals surface area contributed by atoms with E-state index in [1.54, 1.807) is 6.07 Å². The number of hydrogen-bond acceptors (Lipinski definition) is 1. The van der Waals surface area contributed by atoms with Crippen LogP contribution in [0.4, 0.5) is 13.2 Å². The van der Waals surface area contributed by atoms with Crippen LogP contribution >= 0.6 is 0 Å². The molecule has 2 fully saturated rings. The fraction of sp³-hybridized carbons (Fsp3) is 0.586. The van der Waals surface area contributed by atoms with E-state index in [9.17, 15) is 13.2 Å². The Morgan fingerprint density at radius 3 is 1.82 bits per heavy atom. The Labute approximate surface area is 196 Å². The third-order valence-corrected chi connectivity index (χ3v) is 7.94. The van der Waals surface area contributed by atoms with Gasteiger partial charge in [0.05, 0.1) is 12.2 Å². The molecule has 0 heterocycles. The molecule has 0 saturated heterocycles. The molecule has 0 atom stereocenters. The minimum Gasteiger partial charge on any atom is -0.316 e. The molecule has 2 saturated carbocycles. The van der Waals surface area contributed by atoms with E-state index in [0.29, 0.717) is 18.3 Å². The number of alkyl halides is 2. The van der Waals surface area contributed by atoms with Crippen LogP contribution in [0.1, 0.15) is 99.3 Å². The fourth-order valence-corrected chi connectivity index (χ4v) is 5.54. The summed E-state index contributed by atoms with van der Waals surface area (Å²) in [6.45, 7) is 4.38. The predicted molar refractivity (Wildman–Crippen MR) is 127 cm³/mol.